The number of pyridine rings is 1. The Hall–Kier alpha value is -3.16. The van der Waals surface area contributed by atoms with Crippen LogP contribution in [0.5, 0.6) is 11.5 Å². The molecule has 1 amide bonds. The van der Waals surface area contributed by atoms with Crippen LogP contribution in [0.3, 0.4) is 0 Å². The normalized spacial score (nSPS) is 10.8. The maximum atomic E-state index is 13.1. The zero-order chi connectivity index (χ0) is 21.6. The summed E-state index contributed by atoms with van der Waals surface area (Å²) in [4.78, 5) is 23.7. The molecular formula is C23H20ClN3O3S. The number of fused-ring (bicyclic) bond motifs is 1. The van der Waals surface area contributed by atoms with Crippen LogP contribution < -0.4 is 14.4 Å². The molecule has 2 aromatic heterocycles. The topological polar surface area (TPSA) is 64.6 Å². The van der Waals surface area contributed by atoms with Gasteiger partial charge in [-0.25, -0.2) is 4.98 Å². The lowest BCUT2D eigenvalue weighted by Crippen LogP contribution is -2.34. The smallest absolute Gasteiger partial charge is 0.267 e. The Morgan fingerprint density at radius 2 is 1.81 bits per heavy atom. The van der Waals surface area contributed by atoms with Gasteiger partial charge in [-0.05, 0) is 55.5 Å². The van der Waals surface area contributed by atoms with Gasteiger partial charge in [-0.2, -0.15) is 0 Å². The lowest BCUT2D eigenvalue weighted by Gasteiger charge is -2.19. The van der Waals surface area contributed by atoms with Gasteiger partial charge >= 0.3 is 0 Å². The van der Waals surface area contributed by atoms with Gasteiger partial charge < -0.3 is 9.47 Å². The fourth-order valence-corrected chi connectivity index (χ4v) is 4.24. The molecule has 2 heterocycles. The molecule has 0 aliphatic rings. The van der Waals surface area contributed by atoms with Crippen LogP contribution in [0, 0.1) is 0 Å². The van der Waals surface area contributed by atoms with Crippen molar-refractivity contribution < 1.29 is 14.3 Å². The maximum absolute atomic E-state index is 13.1. The quantitative estimate of drug-likeness (QED) is 0.359. The van der Waals surface area contributed by atoms with E-state index in [0.29, 0.717) is 28.0 Å². The highest BCUT2D eigenvalue weighted by molar-refractivity contribution is 7.22. The Balaban J connectivity index is 1.55. The summed E-state index contributed by atoms with van der Waals surface area (Å²) in [6.07, 6.45) is 1.70. The van der Waals surface area contributed by atoms with Crippen molar-refractivity contribution in [3.63, 3.8) is 0 Å². The van der Waals surface area contributed by atoms with Gasteiger partial charge in [0.2, 0.25) is 0 Å². The summed E-state index contributed by atoms with van der Waals surface area (Å²) in [7, 11) is 0. The molecule has 0 spiro atoms. The highest BCUT2D eigenvalue weighted by Gasteiger charge is 2.22. The second-order valence-corrected chi connectivity index (χ2v) is 7.99. The minimum atomic E-state index is -0.227. The van der Waals surface area contributed by atoms with Crippen molar-refractivity contribution in [2.45, 2.75) is 13.5 Å². The zero-order valence-corrected chi connectivity index (χ0v) is 18.4. The van der Waals surface area contributed by atoms with Crippen molar-refractivity contribution in [3.8, 4) is 11.5 Å². The van der Waals surface area contributed by atoms with Gasteiger partial charge in [-0.1, -0.05) is 35.1 Å². The van der Waals surface area contributed by atoms with Gasteiger partial charge in [0.1, 0.15) is 17.0 Å². The van der Waals surface area contributed by atoms with Crippen LogP contribution >= 0.6 is 22.9 Å². The van der Waals surface area contributed by atoms with Gasteiger partial charge in [0.25, 0.3) is 5.91 Å². The summed E-state index contributed by atoms with van der Waals surface area (Å²) in [5.41, 5.74) is 1.43. The van der Waals surface area contributed by atoms with E-state index >= 15 is 0 Å². The maximum Gasteiger partial charge on any atom is 0.267 e. The molecule has 0 saturated carbocycles. The molecule has 4 aromatic rings. The number of aromatic nitrogens is 2. The standard InChI is InChI=1S/C23H20ClN3O3S/c1-2-29-17-9-11-18(12-10-17)30-15-21(28)27(14-16-6-3-4-13-25-16)23-26-22-19(24)7-5-8-20(22)31-23/h3-13H,2,14-15H2,1H3. The number of thiazole rings is 1. The molecule has 0 aliphatic heterocycles. The lowest BCUT2D eigenvalue weighted by molar-refractivity contribution is -0.120. The SMILES string of the molecule is CCOc1ccc(OCC(=O)N(Cc2ccccn2)c2nc3c(Cl)cccc3s2)cc1. The summed E-state index contributed by atoms with van der Waals surface area (Å²) in [5.74, 6) is 1.11. The van der Waals surface area contributed by atoms with Gasteiger partial charge in [-0.3, -0.25) is 14.7 Å². The Morgan fingerprint density at radius 1 is 1.03 bits per heavy atom. The molecule has 158 valence electrons. The molecule has 2 aromatic carbocycles. The number of carbonyl (C=O) groups excluding carboxylic acids is 1. The van der Waals surface area contributed by atoms with E-state index in [9.17, 15) is 4.79 Å². The number of hydrogen-bond donors (Lipinski definition) is 0. The van der Waals surface area contributed by atoms with Crippen LogP contribution in [0.4, 0.5) is 5.13 Å². The third kappa shape index (κ3) is 5.13. The minimum Gasteiger partial charge on any atom is -0.494 e. The van der Waals surface area contributed by atoms with E-state index in [1.165, 1.54) is 11.3 Å². The van der Waals surface area contributed by atoms with Crippen LogP contribution in [-0.4, -0.2) is 29.1 Å². The highest BCUT2D eigenvalue weighted by Crippen LogP contribution is 2.33. The van der Waals surface area contributed by atoms with Crippen molar-refractivity contribution in [2.75, 3.05) is 18.1 Å². The third-order valence-corrected chi connectivity index (χ3v) is 5.78. The lowest BCUT2D eigenvalue weighted by atomic mass is 10.3. The molecule has 0 atom stereocenters. The van der Waals surface area contributed by atoms with Crippen LogP contribution in [0.2, 0.25) is 5.02 Å². The molecule has 0 saturated heterocycles. The Bertz CT molecular complexity index is 1170. The van der Waals surface area contributed by atoms with Crippen molar-refractivity contribution in [2.24, 2.45) is 0 Å². The number of nitrogens with zero attached hydrogens (tertiary/aromatic N) is 3. The number of benzene rings is 2. The first-order chi connectivity index (χ1) is 15.1. The summed E-state index contributed by atoms with van der Waals surface area (Å²) in [5, 5.41) is 1.10. The Morgan fingerprint density at radius 3 is 2.48 bits per heavy atom. The number of amides is 1. The third-order valence-electron chi connectivity index (χ3n) is 4.43. The van der Waals surface area contributed by atoms with Gasteiger partial charge in [0, 0.05) is 6.20 Å². The molecular weight excluding hydrogens is 434 g/mol. The number of carbonyl (C=O) groups is 1. The average molecular weight is 454 g/mol. The summed E-state index contributed by atoms with van der Waals surface area (Å²) >= 11 is 7.69. The largest absolute Gasteiger partial charge is 0.494 e. The summed E-state index contributed by atoms with van der Waals surface area (Å²) in [6.45, 7) is 2.66. The fourth-order valence-electron chi connectivity index (χ4n) is 2.96. The minimum absolute atomic E-state index is 0.134. The van der Waals surface area contributed by atoms with Crippen molar-refractivity contribution in [1.29, 1.82) is 0 Å². The summed E-state index contributed by atoms with van der Waals surface area (Å²) in [6, 6.07) is 18.3. The van der Waals surface area contributed by atoms with Crippen LogP contribution in [-0.2, 0) is 11.3 Å². The molecule has 0 fully saturated rings. The average Bonchev–Trinajstić information content (AvgIpc) is 3.23. The van der Waals surface area contributed by atoms with Crippen molar-refractivity contribution in [1.82, 2.24) is 9.97 Å². The first-order valence-electron chi connectivity index (χ1n) is 9.75. The molecule has 0 N–H and O–H groups in total. The van der Waals surface area contributed by atoms with E-state index in [2.05, 4.69) is 9.97 Å². The molecule has 4 rings (SSSR count). The molecule has 31 heavy (non-hydrogen) atoms. The Kier molecular flexibility index (Phi) is 6.64. The number of para-hydroxylation sites is 1. The van der Waals surface area contributed by atoms with Gasteiger partial charge in [0.15, 0.2) is 11.7 Å². The van der Waals surface area contributed by atoms with Crippen LogP contribution in [0.25, 0.3) is 10.2 Å². The van der Waals surface area contributed by atoms with Crippen LogP contribution in [0.15, 0.2) is 66.9 Å². The molecule has 0 bridgehead atoms. The first kappa shape index (κ1) is 21.1. The monoisotopic (exact) mass is 453 g/mol. The predicted octanol–water partition coefficient (Wildman–Crippen LogP) is 5.36. The van der Waals surface area contributed by atoms with Crippen LogP contribution in [0.1, 0.15) is 12.6 Å². The van der Waals surface area contributed by atoms with E-state index in [1.807, 2.05) is 49.4 Å². The van der Waals surface area contributed by atoms with Gasteiger partial charge in [-0.15, -0.1) is 0 Å². The van der Waals surface area contributed by atoms with E-state index in [1.54, 1.807) is 29.3 Å². The summed E-state index contributed by atoms with van der Waals surface area (Å²) < 4.78 is 12.1. The van der Waals surface area contributed by atoms with E-state index in [-0.39, 0.29) is 19.1 Å². The van der Waals surface area contributed by atoms with E-state index < -0.39 is 0 Å². The first-order valence-corrected chi connectivity index (χ1v) is 10.9. The number of anilines is 1. The Labute approximate surface area is 189 Å². The molecule has 0 aliphatic carbocycles. The molecule has 0 radical (unpaired) electrons. The second-order valence-electron chi connectivity index (χ2n) is 6.58. The van der Waals surface area contributed by atoms with E-state index in [4.69, 9.17) is 21.1 Å². The van der Waals surface area contributed by atoms with Crippen molar-refractivity contribution >= 4 is 44.2 Å². The molecule has 0 unspecified atom stereocenters. The zero-order valence-electron chi connectivity index (χ0n) is 16.8. The molecule has 8 heteroatoms. The number of ether oxygens (including phenoxy) is 2. The van der Waals surface area contributed by atoms with Gasteiger partial charge in [0.05, 0.1) is 28.6 Å². The number of rotatable bonds is 8. The molecule has 6 nitrogen and oxygen atoms in total. The second kappa shape index (κ2) is 9.76. The number of halogens is 1. The van der Waals surface area contributed by atoms with E-state index in [0.717, 1.165) is 16.1 Å². The van der Waals surface area contributed by atoms with Crippen molar-refractivity contribution in [3.05, 3.63) is 77.6 Å². The fraction of sp³-hybridized carbons (Fsp3) is 0.174. The number of hydrogen-bond acceptors (Lipinski definition) is 6. The highest BCUT2D eigenvalue weighted by atomic mass is 35.5. The predicted molar refractivity (Wildman–Crippen MR) is 123 cm³/mol.